The maximum Gasteiger partial charge on any atom is 0.0431 e. The van der Waals surface area contributed by atoms with Crippen LogP contribution >= 0.6 is 0 Å². The molecule has 0 radical (unpaired) electrons. The summed E-state index contributed by atoms with van der Waals surface area (Å²) in [7, 11) is 0. The quantitative estimate of drug-likeness (QED) is 0.535. The Balaban J connectivity index is 3.28. The zero-order valence-electron chi connectivity index (χ0n) is 10.7. The van der Waals surface area contributed by atoms with E-state index in [1.165, 1.54) is 58.2 Å². The van der Waals surface area contributed by atoms with E-state index >= 15 is 0 Å². The molecule has 2 heteroatoms. The first-order valence-corrected chi connectivity index (χ1v) is 6.68. The van der Waals surface area contributed by atoms with Crippen molar-refractivity contribution in [3.63, 3.8) is 0 Å². The predicted octanol–water partition coefficient (Wildman–Crippen LogP) is 3.05. The highest BCUT2D eigenvalue weighted by Gasteiger charge is 2.00. The summed E-state index contributed by atoms with van der Waals surface area (Å²) in [6, 6.07) is 0. The van der Waals surface area contributed by atoms with Gasteiger partial charge in [-0.15, -0.1) is 0 Å². The summed E-state index contributed by atoms with van der Waals surface area (Å²) < 4.78 is 0. The highest BCUT2D eigenvalue weighted by atomic mass is 16.2. The molecule has 0 amide bonds. The number of unbranched alkanes of at least 4 members (excludes halogenated alkanes) is 5. The molecule has 0 heterocycles. The van der Waals surface area contributed by atoms with Gasteiger partial charge in [0.1, 0.15) is 0 Å². The summed E-state index contributed by atoms with van der Waals surface area (Å²) in [4.78, 5) is 2.55. The summed E-state index contributed by atoms with van der Waals surface area (Å²) in [6.07, 6.45) is 8.74. The average Bonchev–Trinajstić information content (AvgIpc) is 2.26. The van der Waals surface area contributed by atoms with Crippen molar-refractivity contribution in [2.24, 2.45) is 0 Å². The minimum atomic E-state index is 0.355. The molecular weight excluding hydrogens is 186 g/mol. The second kappa shape index (κ2) is 12.0. The Morgan fingerprint density at radius 2 is 1.40 bits per heavy atom. The molecule has 0 aromatic heterocycles. The molecule has 0 aliphatic rings. The lowest BCUT2D eigenvalue weighted by Crippen LogP contribution is -2.25. The van der Waals surface area contributed by atoms with Crippen LogP contribution in [0, 0.1) is 0 Å². The fourth-order valence-corrected chi connectivity index (χ4v) is 1.81. The molecule has 0 aliphatic heterocycles. The molecule has 15 heavy (non-hydrogen) atoms. The van der Waals surface area contributed by atoms with Crippen LogP contribution in [0.15, 0.2) is 0 Å². The lowest BCUT2D eigenvalue weighted by molar-refractivity contribution is 0.264. The maximum absolute atomic E-state index is 8.65. The number of hydrogen-bond donors (Lipinski definition) is 1. The SMILES string of the molecule is CCCCCN(CC)CCCCCCO. The average molecular weight is 215 g/mol. The topological polar surface area (TPSA) is 23.5 Å². The Labute approximate surface area is 95.7 Å². The first-order chi connectivity index (χ1) is 7.35. The van der Waals surface area contributed by atoms with Gasteiger partial charge in [-0.3, -0.25) is 0 Å². The van der Waals surface area contributed by atoms with Crippen molar-refractivity contribution in [2.45, 2.75) is 58.8 Å². The molecule has 0 unspecified atom stereocenters. The fourth-order valence-electron chi connectivity index (χ4n) is 1.81. The molecule has 0 saturated heterocycles. The van der Waals surface area contributed by atoms with Crippen LogP contribution in [0.25, 0.3) is 0 Å². The molecule has 0 rings (SSSR count). The minimum Gasteiger partial charge on any atom is -0.396 e. The Morgan fingerprint density at radius 1 is 0.800 bits per heavy atom. The van der Waals surface area contributed by atoms with Crippen LogP contribution in [0.2, 0.25) is 0 Å². The van der Waals surface area contributed by atoms with E-state index < -0.39 is 0 Å². The molecule has 92 valence electrons. The van der Waals surface area contributed by atoms with Gasteiger partial charge in [0.25, 0.3) is 0 Å². The van der Waals surface area contributed by atoms with Crippen molar-refractivity contribution in [2.75, 3.05) is 26.2 Å². The summed E-state index contributed by atoms with van der Waals surface area (Å²) in [6.45, 7) is 8.55. The van der Waals surface area contributed by atoms with Gasteiger partial charge in [0.2, 0.25) is 0 Å². The molecular formula is C13H29NO. The van der Waals surface area contributed by atoms with E-state index in [1.54, 1.807) is 0 Å². The smallest absolute Gasteiger partial charge is 0.0431 e. The molecule has 0 aromatic carbocycles. The predicted molar refractivity (Wildman–Crippen MR) is 67.2 cm³/mol. The standard InChI is InChI=1S/C13H29NO/c1-3-5-8-11-14(4-2)12-9-6-7-10-13-15/h15H,3-13H2,1-2H3. The third kappa shape index (κ3) is 10.2. The second-order valence-corrected chi connectivity index (χ2v) is 4.28. The van der Waals surface area contributed by atoms with E-state index in [4.69, 9.17) is 5.11 Å². The lowest BCUT2D eigenvalue weighted by atomic mass is 10.2. The van der Waals surface area contributed by atoms with E-state index in [2.05, 4.69) is 18.7 Å². The van der Waals surface area contributed by atoms with Crippen molar-refractivity contribution in [3.05, 3.63) is 0 Å². The van der Waals surface area contributed by atoms with Gasteiger partial charge in [-0.1, -0.05) is 39.5 Å². The van der Waals surface area contributed by atoms with Gasteiger partial charge in [-0.05, 0) is 38.9 Å². The highest BCUT2D eigenvalue weighted by molar-refractivity contribution is 4.56. The Bertz CT molecular complexity index is 117. The number of aliphatic hydroxyl groups is 1. The third-order valence-electron chi connectivity index (χ3n) is 2.91. The zero-order valence-corrected chi connectivity index (χ0v) is 10.7. The molecule has 0 aromatic rings. The third-order valence-corrected chi connectivity index (χ3v) is 2.91. The summed E-state index contributed by atoms with van der Waals surface area (Å²) in [5.74, 6) is 0. The van der Waals surface area contributed by atoms with Crippen LogP contribution in [-0.2, 0) is 0 Å². The zero-order chi connectivity index (χ0) is 11.4. The van der Waals surface area contributed by atoms with Gasteiger partial charge in [0.15, 0.2) is 0 Å². The van der Waals surface area contributed by atoms with Crippen molar-refractivity contribution in [1.29, 1.82) is 0 Å². The Hall–Kier alpha value is -0.0800. The van der Waals surface area contributed by atoms with Crippen LogP contribution in [0.5, 0.6) is 0 Å². The van der Waals surface area contributed by atoms with Crippen LogP contribution in [0.4, 0.5) is 0 Å². The largest absolute Gasteiger partial charge is 0.396 e. The van der Waals surface area contributed by atoms with Gasteiger partial charge in [-0.25, -0.2) is 0 Å². The van der Waals surface area contributed by atoms with Crippen molar-refractivity contribution in [1.82, 2.24) is 4.90 Å². The number of nitrogens with zero attached hydrogens (tertiary/aromatic N) is 1. The van der Waals surface area contributed by atoms with Gasteiger partial charge in [-0.2, -0.15) is 0 Å². The second-order valence-electron chi connectivity index (χ2n) is 4.28. The molecule has 0 fully saturated rings. The molecule has 1 N–H and O–H groups in total. The normalized spacial score (nSPS) is 11.2. The maximum atomic E-state index is 8.65. The fraction of sp³-hybridized carbons (Fsp3) is 1.00. The van der Waals surface area contributed by atoms with Crippen LogP contribution in [0.1, 0.15) is 58.8 Å². The van der Waals surface area contributed by atoms with Crippen molar-refractivity contribution in [3.8, 4) is 0 Å². The van der Waals surface area contributed by atoms with E-state index in [9.17, 15) is 0 Å². The van der Waals surface area contributed by atoms with Crippen molar-refractivity contribution < 1.29 is 5.11 Å². The first kappa shape index (κ1) is 14.9. The van der Waals surface area contributed by atoms with Crippen LogP contribution < -0.4 is 0 Å². The molecule has 2 nitrogen and oxygen atoms in total. The molecule has 0 atom stereocenters. The highest BCUT2D eigenvalue weighted by Crippen LogP contribution is 2.03. The lowest BCUT2D eigenvalue weighted by Gasteiger charge is -2.19. The van der Waals surface area contributed by atoms with Gasteiger partial charge in [0.05, 0.1) is 0 Å². The Morgan fingerprint density at radius 3 is 1.93 bits per heavy atom. The van der Waals surface area contributed by atoms with Crippen molar-refractivity contribution >= 4 is 0 Å². The number of rotatable bonds is 11. The minimum absolute atomic E-state index is 0.355. The monoisotopic (exact) mass is 215 g/mol. The van der Waals surface area contributed by atoms with E-state index in [1.807, 2.05) is 0 Å². The van der Waals surface area contributed by atoms with Crippen LogP contribution in [-0.4, -0.2) is 36.2 Å². The Kier molecular flexibility index (Phi) is 11.9. The number of hydrogen-bond acceptors (Lipinski definition) is 2. The molecule has 0 bridgehead atoms. The summed E-state index contributed by atoms with van der Waals surface area (Å²) in [5, 5.41) is 8.65. The van der Waals surface area contributed by atoms with Gasteiger partial charge >= 0.3 is 0 Å². The van der Waals surface area contributed by atoms with Gasteiger partial charge in [0, 0.05) is 6.61 Å². The first-order valence-electron chi connectivity index (χ1n) is 6.68. The van der Waals surface area contributed by atoms with E-state index in [0.717, 1.165) is 6.42 Å². The number of aliphatic hydroxyl groups excluding tert-OH is 1. The summed E-state index contributed by atoms with van der Waals surface area (Å²) in [5.41, 5.74) is 0. The van der Waals surface area contributed by atoms with Gasteiger partial charge < -0.3 is 10.0 Å². The van der Waals surface area contributed by atoms with E-state index in [0.29, 0.717) is 6.61 Å². The molecule has 0 saturated carbocycles. The summed E-state index contributed by atoms with van der Waals surface area (Å²) >= 11 is 0. The van der Waals surface area contributed by atoms with Crippen LogP contribution in [0.3, 0.4) is 0 Å². The van der Waals surface area contributed by atoms with E-state index in [-0.39, 0.29) is 0 Å². The molecule has 0 aliphatic carbocycles. The molecule has 0 spiro atoms.